The maximum absolute atomic E-state index is 12.7. The lowest BCUT2D eigenvalue weighted by molar-refractivity contribution is -0.131. The second kappa shape index (κ2) is 8.42. The summed E-state index contributed by atoms with van der Waals surface area (Å²) in [5, 5.41) is 13.6. The number of benzene rings is 1. The van der Waals surface area contributed by atoms with Gasteiger partial charge in [-0.15, -0.1) is 10.2 Å². The molecule has 0 saturated carbocycles. The Morgan fingerprint density at radius 1 is 1.19 bits per heavy atom. The van der Waals surface area contributed by atoms with E-state index in [1.165, 1.54) is 0 Å². The maximum Gasteiger partial charge on any atom is 0.325 e. The highest BCUT2D eigenvalue weighted by Crippen LogP contribution is 2.18. The maximum atomic E-state index is 12.7. The number of rotatable bonds is 7. The molecular weight excluding hydrogens is 400 g/mol. The van der Waals surface area contributed by atoms with Gasteiger partial charge < -0.3 is 15.4 Å². The van der Waals surface area contributed by atoms with Crippen LogP contribution in [0.2, 0.25) is 0 Å². The van der Waals surface area contributed by atoms with Gasteiger partial charge >= 0.3 is 6.03 Å². The monoisotopic (exact) mass is 422 g/mol. The van der Waals surface area contributed by atoms with Crippen LogP contribution in [0.1, 0.15) is 30.8 Å². The van der Waals surface area contributed by atoms with Crippen LogP contribution in [-0.2, 0) is 16.1 Å². The van der Waals surface area contributed by atoms with Gasteiger partial charge in [0, 0.05) is 6.20 Å². The molecule has 3 aromatic rings. The highest BCUT2D eigenvalue weighted by molar-refractivity contribution is 6.05. The lowest BCUT2D eigenvalue weighted by Crippen LogP contribution is -2.37. The van der Waals surface area contributed by atoms with Crippen LogP contribution < -0.4 is 15.4 Å². The first kappa shape index (κ1) is 20.3. The molecule has 0 aliphatic carbocycles. The molecule has 3 heterocycles. The number of fused-ring (bicyclic) bond motifs is 1. The highest BCUT2D eigenvalue weighted by atomic mass is 16.5. The Bertz CT molecular complexity index is 1130. The number of amides is 4. The van der Waals surface area contributed by atoms with E-state index in [9.17, 15) is 14.4 Å². The van der Waals surface area contributed by atoms with Gasteiger partial charge in [0.1, 0.15) is 11.8 Å². The Hall–Kier alpha value is -3.95. The van der Waals surface area contributed by atoms with Gasteiger partial charge in [-0.05, 0) is 36.8 Å². The zero-order chi connectivity index (χ0) is 22.0. The number of nitrogens with one attached hydrogen (secondary N) is 2. The van der Waals surface area contributed by atoms with Gasteiger partial charge in [0.2, 0.25) is 5.91 Å². The first-order valence-corrected chi connectivity index (χ1v) is 9.80. The molecule has 10 nitrogen and oxygen atoms in total. The van der Waals surface area contributed by atoms with Crippen molar-refractivity contribution < 1.29 is 19.1 Å². The summed E-state index contributed by atoms with van der Waals surface area (Å²) in [6.07, 6.45) is 1.65. The number of pyridine rings is 1. The summed E-state index contributed by atoms with van der Waals surface area (Å²) in [6.45, 7) is 1.90. The summed E-state index contributed by atoms with van der Waals surface area (Å²) in [7, 11) is 1.56. The van der Waals surface area contributed by atoms with E-state index in [1.54, 1.807) is 42.7 Å². The van der Waals surface area contributed by atoms with Crippen LogP contribution in [0.4, 0.5) is 4.79 Å². The zero-order valence-electron chi connectivity index (χ0n) is 17.1. The second-order valence-electron chi connectivity index (χ2n) is 7.25. The normalized spacial score (nSPS) is 17.0. The Kier molecular flexibility index (Phi) is 5.52. The Balaban J connectivity index is 1.37. The fourth-order valence-corrected chi connectivity index (χ4v) is 3.48. The van der Waals surface area contributed by atoms with Crippen molar-refractivity contribution in [3.05, 3.63) is 60.0 Å². The Morgan fingerprint density at radius 3 is 2.71 bits per heavy atom. The van der Waals surface area contributed by atoms with Crippen LogP contribution in [0.15, 0.2) is 48.7 Å². The van der Waals surface area contributed by atoms with Gasteiger partial charge in [0.25, 0.3) is 5.91 Å². The quantitative estimate of drug-likeness (QED) is 0.556. The average Bonchev–Trinajstić information content (AvgIpc) is 3.31. The molecule has 1 aliphatic rings. The molecule has 10 heteroatoms. The number of hydrogen-bond acceptors (Lipinski definition) is 6. The molecule has 1 aromatic carbocycles. The molecule has 0 bridgehead atoms. The first-order valence-electron chi connectivity index (χ1n) is 9.80. The minimum Gasteiger partial charge on any atom is -0.497 e. The van der Waals surface area contributed by atoms with Crippen LogP contribution >= 0.6 is 0 Å². The van der Waals surface area contributed by atoms with Gasteiger partial charge in [-0.2, -0.15) is 0 Å². The van der Waals surface area contributed by atoms with Crippen molar-refractivity contribution in [2.45, 2.75) is 32.0 Å². The predicted molar refractivity (Wildman–Crippen MR) is 110 cm³/mol. The SMILES string of the molecule is COc1ccc(CN2C(=O)N[C@@H](CC(=O)N[C@@H](C)c3nnc4ccccn34)C2=O)cc1. The number of carbonyl (C=O) groups is 3. The van der Waals surface area contributed by atoms with Crippen LogP contribution in [0.5, 0.6) is 5.75 Å². The summed E-state index contributed by atoms with van der Waals surface area (Å²) in [4.78, 5) is 38.6. The van der Waals surface area contributed by atoms with E-state index in [-0.39, 0.29) is 18.9 Å². The molecule has 1 fully saturated rings. The largest absolute Gasteiger partial charge is 0.497 e. The molecule has 2 N–H and O–H groups in total. The third kappa shape index (κ3) is 4.18. The number of hydrogen-bond donors (Lipinski definition) is 2. The van der Waals surface area contributed by atoms with Gasteiger partial charge in [-0.1, -0.05) is 18.2 Å². The summed E-state index contributed by atoms with van der Waals surface area (Å²) in [5.74, 6) is 0.457. The van der Waals surface area contributed by atoms with Crippen molar-refractivity contribution in [3.8, 4) is 5.75 Å². The molecule has 0 radical (unpaired) electrons. The summed E-state index contributed by atoms with van der Waals surface area (Å²) < 4.78 is 6.89. The number of imide groups is 1. The second-order valence-corrected chi connectivity index (χ2v) is 7.25. The average molecular weight is 422 g/mol. The molecule has 2 aromatic heterocycles. The zero-order valence-corrected chi connectivity index (χ0v) is 17.1. The lowest BCUT2D eigenvalue weighted by atomic mass is 10.1. The van der Waals surface area contributed by atoms with Crippen molar-refractivity contribution >= 4 is 23.5 Å². The summed E-state index contributed by atoms with van der Waals surface area (Å²) in [6, 6.07) is 10.7. The number of urea groups is 1. The smallest absolute Gasteiger partial charge is 0.325 e. The number of ether oxygens (including phenoxy) is 1. The van der Waals surface area contributed by atoms with E-state index in [0.29, 0.717) is 17.2 Å². The molecule has 2 atom stereocenters. The highest BCUT2D eigenvalue weighted by Gasteiger charge is 2.39. The van der Waals surface area contributed by atoms with Crippen LogP contribution in [0.25, 0.3) is 5.65 Å². The fourth-order valence-electron chi connectivity index (χ4n) is 3.48. The minimum atomic E-state index is -0.909. The summed E-state index contributed by atoms with van der Waals surface area (Å²) >= 11 is 0. The van der Waals surface area contributed by atoms with Gasteiger partial charge in [-0.25, -0.2) is 4.79 Å². The van der Waals surface area contributed by atoms with E-state index >= 15 is 0 Å². The van der Waals surface area contributed by atoms with E-state index < -0.39 is 24.0 Å². The lowest BCUT2D eigenvalue weighted by Gasteiger charge is -2.15. The standard InChI is InChI=1S/C21H22N6O4/c1-13(19-25-24-17-5-3-4-10-26(17)19)22-18(28)11-16-20(29)27(21(30)23-16)12-14-6-8-15(31-2)9-7-14/h3-10,13,16H,11-12H2,1-2H3,(H,22,28)(H,23,30)/t13-,16-/m0/s1. The number of aromatic nitrogens is 3. The van der Waals surface area contributed by atoms with Crippen molar-refractivity contribution in [3.63, 3.8) is 0 Å². The van der Waals surface area contributed by atoms with E-state index in [2.05, 4.69) is 20.8 Å². The molecular formula is C21H22N6O4. The molecule has 31 heavy (non-hydrogen) atoms. The molecule has 4 amide bonds. The topological polar surface area (TPSA) is 118 Å². The van der Waals surface area contributed by atoms with Crippen LogP contribution in [-0.4, -0.2) is 50.5 Å². The summed E-state index contributed by atoms with van der Waals surface area (Å²) in [5.41, 5.74) is 1.45. The van der Waals surface area contributed by atoms with Crippen molar-refractivity contribution in [2.75, 3.05) is 7.11 Å². The number of nitrogens with zero attached hydrogens (tertiary/aromatic N) is 4. The molecule has 1 aliphatic heterocycles. The van der Waals surface area contributed by atoms with Gasteiger partial charge in [0.15, 0.2) is 11.5 Å². The van der Waals surface area contributed by atoms with E-state index in [1.807, 2.05) is 24.4 Å². The minimum absolute atomic E-state index is 0.120. The molecule has 160 valence electrons. The molecule has 4 rings (SSSR count). The van der Waals surface area contributed by atoms with Crippen LogP contribution in [0, 0.1) is 0 Å². The van der Waals surface area contributed by atoms with E-state index in [4.69, 9.17) is 4.74 Å². The molecule has 0 unspecified atom stereocenters. The Labute approximate surface area is 178 Å². The third-order valence-corrected chi connectivity index (χ3v) is 5.10. The van der Waals surface area contributed by atoms with Gasteiger partial charge in [0.05, 0.1) is 26.1 Å². The van der Waals surface area contributed by atoms with Crippen LogP contribution in [0.3, 0.4) is 0 Å². The van der Waals surface area contributed by atoms with Crippen molar-refractivity contribution in [2.24, 2.45) is 0 Å². The predicted octanol–water partition coefficient (Wildman–Crippen LogP) is 1.43. The van der Waals surface area contributed by atoms with E-state index in [0.717, 1.165) is 10.5 Å². The third-order valence-electron chi connectivity index (χ3n) is 5.10. The number of carbonyl (C=O) groups excluding carboxylic acids is 3. The first-order chi connectivity index (χ1) is 15.0. The van der Waals surface area contributed by atoms with Crippen molar-refractivity contribution in [1.29, 1.82) is 0 Å². The fraction of sp³-hybridized carbons (Fsp3) is 0.286. The van der Waals surface area contributed by atoms with Gasteiger partial charge in [-0.3, -0.25) is 18.9 Å². The Morgan fingerprint density at radius 2 is 1.97 bits per heavy atom. The number of methoxy groups -OCH3 is 1. The van der Waals surface area contributed by atoms with Crippen molar-refractivity contribution in [1.82, 2.24) is 30.1 Å². The molecule has 0 spiro atoms. The molecule has 1 saturated heterocycles.